The number of alkyl halides is 6. The van der Waals surface area contributed by atoms with Crippen molar-refractivity contribution < 1.29 is 35.5 Å². The van der Waals surface area contributed by atoms with E-state index in [1.54, 1.807) is 13.0 Å². The number of anilines is 2. The summed E-state index contributed by atoms with van der Waals surface area (Å²) in [7, 11) is 1.40. The summed E-state index contributed by atoms with van der Waals surface area (Å²) in [5, 5.41) is 0. The third-order valence-corrected chi connectivity index (χ3v) is 9.07. The van der Waals surface area contributed by atoms with Gasteiger partial charge in [0.2, 0.25) is 5.91 Å². The van der Waals surface area contributed by atoms with Crippen LogP contribution in [-0.2, 0) is 22.6 Å². The van der Waals surface area contributed by atoms with Gasteiger partial charge in [-0.2, -0.15) is 26.3 Å². The first-order chi connectivity index (χ1) is 21.0. The molecule has 3 heterocycles. The number of rotatable bonds is 5. The Morgan fingerprint density at radius 1 is 0.844 bits per heavy atom. The van der Waals surface area contributed by atoms with Gasteiger partial charge in [0, 0.05) is 38.3 Å². The molecule has 12 heteroatoms. The molecule has 2 aliphatic rings. The molecule has 0 aliphatic carbocycles. The fraction of sp³-hybridized carbons (Fsp3) is 0.455. The Bertz CT molecular complexity index is 1540. The number of pyridine rings is 1. The summed E-state index contributed by atoms with van der Waals surface area (Å²) in [6.07, 6.45) is -5.33. The van der Waals surface area contributed by atoms with Crippen molar-refractivity contribution >= 4 is 17.4 Å². The number of amides is 1. The van der Waals surface area contributed by atoms with Crippen molar-refractivity contribution in [1.82, 2.24) is 9.88 Å². The first-order valence-electron chi connectivity index (χ1n) is 14.8. The van der Waals surface area contributed by atoms with E-state index < -0.39 is 46.2 Å². The molecule has 0 bridgehead atoms. The number of aryl methyl sites for hydroxylation is 1. The molecule has 0 spiro atoms. The molecular formula is C33H35F7N4O. The number of halogens is 7. The van der Waals surface area contributed by atoms with E-state index in [0.29, 0.717) is 40.7 Å². The Morgan fingerprint density at radius 2 is 1.49 bits per heavy atom. The maximum Gasteiger partial charge on any atom is 0.416 e. The molecule has 0 radical (unpaired) electrons. The van der Waals surface area contributed by atoms with Gasteiger partial charge in [-0.15, -0.1) is 0 Å². The Morgan fingerprint density at radius 3 is 2.11 bits per heavy atom. The SMILES string of the molecule is Cc1cc(F)ccc1-c1cc(N2CC[C@@H]3CCCN3CC2)ncc1N(C)C(=O)C(C)(C)c1cc(C(F)(F)F)cc(C(F)(F)F)c1. The van der Waals surface area contributed by atoms with E-state index in [4.69, 9.17) is 0 Å². The van der Waals surface area contributed by atoms with Gasteiger partial charge in [-0.3, -0.25) is 9.69 Å². The molecular weight excluding hydrogens is 601 g/mol. The maximum atomic E-state index is 14.1. The average Bonchev–Trinajstić information content (AvgIpc) is 3.32. The van der Waals surface area contributed by atoms with Crippen LogP contribution >= 0.6 is 0 Å². The highest BCUT2D eigenvalue weighted by Gasteiger charge is 2.41. The van der Waals surface area contributed by atoms with Crippen LogP contribution < -0.4 is 9.80 Å². The van der Waals surface area contributed by atoms with Crippen molar-refractivity contribution in [2.75, 3.05) is 43.0 Å². The summed E-state index contributed by atoms with van der Waals surface area (Å²) in [5.74, 6) is -0.539. The molecule has 1 atom stereocenters. The summed E-state index contributed by atoms with van der Waals surface area (Å²) in [5.41, 5.74) is -3.22. The molecule has 2 aromatic carbocycles. The largest absolute Gasteiger partial charge is 0.416 e. The molecule has 242 valence electrons. The fourth-order valence-corrected chi connectivity index (χ4v) is 6.40. The number of aromatic nitrogens is 1. The van der Waals surface area contributed by atoms with Crippen LogP contribution in [-0.4, -0.2) is 55.1 Å². The molecule has 0 unspecified atom stereocenters. The van der Waals surface area contributed by atoms with Crippen molar-refractivity contribution in [3.8, 4) is 11.1 Å². The van der Waals surface area contributed by atoms with Crippen LogP contribution in [0, 0.1) is 12.7 Å². The maximum absolute atomic E-state index is 14.1. The summed E-state index contributed by atoms with van der Waals surface area (Å²) >= 11 is 0. The van der Waals surface area contributed by atoms with Gasteiger partial charge < -0.3 is 9.80 Å². The Balaban J connectivity index is 1.56. The first kappa shape index (κ1) is 32.7. The van der Waals surface area contributed by atoms with Crippen LogP contribution in [0.25, 0.3) is 11.1 Å². The van der Waals surface area contributed by atoms with Gasteiger partial charge in [-0.1, -0.05) is 6.07 Å². The summed E-state index contributed by atoms with van der Waals surface area (Å²) in [6.45, 7) is 7.74. The molecule has 2 saturated heterocycles. The van der Waals surface area contributed by atoms with Crippen LogP contribution in [0.2, 0.25) is 0 Å². The lowest BCUT2D eigenvalue weighted by molar-refractivity contribution is -0.143. The third kappa shape index (κ3) is 6.66. The predicted octanol–water partition coefficient (Wildman–Crippen LogP) is 7.85. The monoisotopic (exact) mass is 636 g/mol. The molecule has 1 amide bonds. The summed E-state index contributed by atoms with van der Waals surface area (Å²) in [6, 6.07) is 7.77. The van der Waals surface area contributed by atoms with Crippen LogP contribution in [0.15, 0.2) is 48.7 Å². The third-order valence-electron chi connectivity index (χ3n) is 9.07. The van der Waals surface area contributed by atoms with E-state index in [0.717, 1.165) is 39.0 Å². The van der Waals surface area contributed by atoms with Crippen LogP contribution in [0.3, 0.4) is 0 Å². The lowest BCUT2D eigenvalue weighted by atomic mass is 9.81. The number of likely N-dealkylation sites (N-methyl/N-ethyl adjacent to an activating group) is 1. The van der Waals surface area contributed by atoms with Crippen molar-refractivity contribution in [3.05, 3.63) is 76.7 Å². The van der Waals surface area contributed by atoms with Crippen LogP contribution in [0.1, 0.15) is 55.4 Å². The van der Waals surface area contributed by atoms with Gasteiger partial charge >= 0.3 is 12.4 Å². The highest BCUT2D eigenvalue weighted by atomic mass is 19.4. The van der Waals surface area contributed by atoms with Gasteiger partial charge in [0.15, 0.2) is 0 Å². The zero-order chi connectivity index (χ0) is 32.9. The van der Waals surface area contributed by atoms with E-state index >= 15 is 0 Å². The Hall–Kier alpha value is -3.67. The van der Waals surface area contributed by atoms with Gasteiger partial charge in [0.25, 0.3) is 0 Å². The quantitative estimate of drug-likeness (QED) is 0.268. The normalized spacial score (nSPS) is 18.1. The number of nitrogens with zero attached hydrogens (tertiary/aromatic N) is 4. The first-order valence-corrected chi connectivity index (χ1v) is 14.8. The molecule has 2 fully saturated rings. The zero-order valence-electron chi connectivity index (χ0n) is 25.5. The minimum atomic E-state index is -5.06. The average molecular weight is 637 g/mol. The van der Waals surface area contributed by atoms with Crippen LogP contribution in [0.5, 0.6) is 0 Å². The standard InChI is InChI=1S/C33H35F7N4O/c1-20-14-24(34)7-8-26(20)27-18-29(44-11-9-25-6-5-10-43(25)12-13-44)41-19-28(27)42(4)30(45)31(2,3)21-15-22(32(35,36)37)17-23(16-21)33(38,39)40/h7-8,14-19,25H,5-6,9-13H2,1-4H3/t25-/m0/s1. The minimum Gasteiger partial charge on any atom is -0.355 e. The van der Waals surface area contributed by atoms with Gasteiger partial charge in [-0.05, 0) is 99.7 Å². The number of hydrogen-bond donors (Lipinski definition) is 0. The summed E-state index contributed by atoms with van der Waals surface area (Å²) < 4.78 is 95.9. The van der Waals surface area contributed by atoms with E-state index in [-0.39, 0.29) is 11.8 Å². The fourth-order valence-electron chi connectivity index (χ4n) is 6.40. The second-order valence-corrected chi connectivity index (χ2v) is 12.4. The van der Waals surface area contributed by atoms with Crippen molar-refractivity contribution in [2.24, 2.45) is 0 Å². The van der Waals surface area contributed by atoms with Gasteiger partial charge in [0.05, 0.1) is 28.4 Å². The molecule has 1 aromatic heterocycles. The van der Waals surface area contributed by atoms with Crippen LogP contribution in [0.4, 0.5) is 42.2 Å². The second-order valence-electron chi connectivity index (χ2n) is 12.4. The smallest absolute Gasteiger partial charge is 0.355 e. The molecule has 5 nitrogen and oxygen atoms in total. The van der Waals surface area contributed by atoms with Crippen molar-refractivity contribution in [3.63, 3.8) is 0 Å². The van der Waals surface area contributed by atoms with Crippen molar-refractivity contribution in [2.45, 2.75) is 63.8 Å². The zero-order valence-corrected chi connectivity index (χ0v) is 25.5. The van der Waals surface area contributed by atoms with E-state index in [9.17, 15) is 35.5 Å². The molecule has 3 aromatic rings. The number of carbonyl (C=O) groups excluding carboxylic acids is 1. The van der Waals surface area contributed by atoms with Gasteiger partial charge in [0.1, 0.15) is 11.6 Å². The Labute approximate surface area is 257 Å². The van der Waals surface area contributed by atoms with Crippen molar-refractivity contribution in [1.29, 1.82) is 0 Å². The second kappa shape index (κ2) is 11.9. The highest BCUT2D eigenvalue weighted by molar-refractivity contribution is 6.03. The van der Waals surface area contributed by atoms with E-state index in [2.05, 4.69) is 14.8 Å². The highest BCUT2D eigenvalue weighted by Crippen LogP contribution is 2.41. The van der Waals surface area contributed by atoms with E-state index in [1.165, 1.54) is 50.5 Å². The number of fused-ring (bicyclic) bond motifs is 1. The molecule has 0 N–H and O–H groups in total. The molecule has 5 rings (SSSR count). The number of hydrogen-bond acceptors (Lipinski definition) is 4. The lowest BCUT2D eigenvalue weighted by Gasteiger charge is -2.32. The van der Waals surface area contributed by atoms with E-state index in [1.807, 2.05) is 6.07 Å². The predicted molar refractivity (Wildman–Crippen MR) is 159 cm³/mol. The molecule has 0 saturated carbocycles. The summed E-state index contributed by atoms with van der Waals surface area (Å²) in [4.78, 5) is 24.5. The topological polar surface area (TPSA) is 39.7 Å². The molecule has 45 heavy (non-hydrogen) atoms. The van der Waals surface area contributed by atoms with Gasteiger partial charge in [-0.25, -0.2) is 9.37 Å². The number of carbonyl (C=O) groups is 1. The minimum absolute atomic E-state index is 0.0405. The molecule has 2 aliphatic heterocycles. The lowest BCUT2D eigenvalue weighted by Crippen LogP contribution is -2.42. The Kier molecular flexibility index (Phi) is 8.67. The number of benzene rings is 2.